The van der Waals surface area contributed by atoms with Gasteiger partial charge in [0.2, 0.25) is 0 Å². The molecule has 8 heteroatoms. The summed E-state index contributed by atoms with van der Waals surface area (Å²) in [6.45, 7) is 11.8. The maximum absolute atomic E-state index is 7.06. The molecule has 0 unspecified atom stereocenters. The predicted molar refractivity (Wildman–Crippen MR) is 661 cm³/mol. The summed E-state index contributed by atoms with van der Waals surface area (Å²) >= 11 is 0. The summed E-state index contributed by atoms with van der Waals surface area (Å²) in [6.07, 6.45) is 166. The second-order valence-corrected chi connectivity index (χ2v) is 47.9. The van der Waals surface area contributed by atoms with Gasteiger partial charge in [0, 0.05) is 0 Å². The number of hydrogen-bond acceptors (Lipinski definition) is 6. The van der Waals surface area contributed by atoms with Crippen LogP contribution in [0.5, 0.6) is 23.0 Å². The summed E-state index contributed by atoms with van der Waals surface area (Å²) in [5.41, 5.74) is 6.89. The van der Waals surface area contributed by atoms with Crippen LogP contribution in [0.2, 0.25) is 0 Å². The minimum atomic E-state index is 0.622. The van der Waals surface area contributed by atoms with Gasteiger partial charge in [-0.15, -0.1) is 0 Å². The van der Waals surface area contributed by atoms with Crippen LogP contribution in [0.3, 0.4) is 0 Å². The molecule has 0 aromatic carbocycles. The summed E-state index contributed by atoms with van der Waals surface area (Å²) in [6, 6.07) is 8.77. The van der Waals surface area contributed by atoms with Crippen molar-refractivity contribution in [2.75, 3.05) is 26.4 Å². The van der Waals surface area contributed by atoms with E-state index in [4.69, 9.17) is 28.9 Å². The minimum Gasteiger partial charge on any atom is -0.489 e. The SMILES string of the molecule is CCCCCCCCCCCCCCCCCCCCCCCCCCCCCCOc1c2nc(c(OCCCCCCCCCCCCCCCCCCCCCCCCCCCCCC)c3ccc([nH]3)c(OCCCCCCCCCCCCCCCCCCCCCCCCCCCCCC)c3ccc([nH]3)c(OCCCCCCCCCCCCCCCCCCCCCCCCCCCCCC)c3nc1C=C3)C=C2. The second-order valence-electron chi connectivity index (χ2n) is 47.9. The van der Waals surface area contributed by atoms with E-state index in [1.54, 1.807) is 0 Å². The van der Waals surface area contributed by atoms with Crippen LogP contribution in [0.15, 0.2) is 24.3 Å². The highest BCUT2D eigenvalue weighted by Gasteiger charge is 2.21. The molecule has 0 saturated carbocycles. The van der Waals surface area contributed by atoms with Gasteiger partial charge in [-0.25, -0.2) is 9.97 Å². The van der Waals surface area contributed by atoms with Gasteiger partial charge in [-0.3, -0.25) is 0 Å². The second kappa shape index (κ2) is 107. The number of rotatable bonds is 120. The average molecular weight is 2060 g/mol. The van der Waals surface area contributed by atoms with Gasteiger partial charge in [0.15, 0.2) is 23.0 Å². The smallest absolute Gasteiger partial charge is 0.170 e. The molecule has 0 amide bonds. The van der Waals surface area contributed by atoms with E-state index >= 15 is 0 Å². The number of nitrogens with zero attached hydrogens (tertiary/aromatic N) is 2. The Morgan fingerprint density at radius 1 is 0.128 bits per heavy atom. The maximum atomic E-state index is 7.06. The van der Waals surface area contributed by atoms with Crippen molar-refractivity contribution < 1.29 is 18.9 Å². The van der Waals surface area contributed by atoms with Gasteiger partial charge < -0.3 is 28.9 Å². The summed E-state index contributed by atoms with van der Waals surface area (Å²) in [5, 5.41) is 0. The van der Waals surface area contributed by atoms with Crippen molar-refractivity contribution in [1.29, 1.82) is 0 Å². The highest BCUT2D eigenvalue weighted by Crippen LogP contribution is 2.39. The van der Waals surface area contributed by atoms with Gasteiger partial charge in [-0.2, -0.15) is 0 Å². The molecule has 8 nitrogen and oxygen atoms in total. The van der Waals surface area contributed by atoms with E-state index in [0.717, 1.165) is 99.9 Å². The van der Waals surface area contributed by atoms with Crippen molar-refractivity contribution in [1.82, 2.24) is 19.9 Å². The molecule has 2 aliphatic rings. The molecule has 5 heterocycles. The summed E-state index contributed by atoms with van der Waals surface area (Å²) in [5.74, 6) is 3.11. The molecule has 0 aliphatic carbocycles. The van der Waals surface area contributed by atoms with Crippen LogP contribution in [0, 0.1) is 0 Å². The van der Waals surface area contributed by atoms with E-state index in [9.17, 15) is 0 Å². The lowest BCUT2D eigenvalue weighted by Crippen LogP contribution is -2.02. The first kappa shape index (κ1) is 134. The Labute approximate surface area is 922 Å². The van der Waals surface area contributed by atoms with Crippen molar-refractivity contribution in [2.24, 2.45) is 0 Å². The molecule has 8 bridgehead atoms. The number of hydrogen-bond donors (Lipinski definition) is 2. The number of aromatic amines is 2. The van der Waals surface area contributed by atoms with Crippen LogP contribution >= 0.6 is 0 Å². The molecule has 0 fully saturated rings. The zero-order valence-electron chi connectivity index (χ0n) is 100. The van der Waals surface area contributed by atoms with Gasteiger partial charge in [-0.1, -0.05) is 721 Å². The van der Waals surface area contributed by atoms with Crippen molar-refractivity contribution >= 4 is 46.4 Å². The molecule has 2 aliphatic heterocycles. The van der Waals surface area contributed by atoms with Gasteiger partial charge in [-0.05, 0) is 74.3 Å². The first-order valence-corrected chi connectivity index (χ1v) is 68.3. The van der Waals surface area contributed by atoms with Gasteiger partial charge >= 0.3 is 0 Å². The molecule has 0 saturated heterocycles. The van der Waals surface area contributed by atoms with Crippen molar-refractivity contribution in [3.63, 3.8) is 0 Å². The van der Waals surface area contributed by atoms with Crippen molar-refractivity contribution in [3.05, 3.63) is 47.0 Å². The number of aromatic nitrogens is 4. The Morgan fingerprint density at radius 2 is 0.230 bits per heavy atom. The van der Waals surface area contributed by atoms with E-state index in [0.29, 0.717) is 26.4 Å². The minimum absolute atomic E-state index is 0.622. The molecule has 858 valence electrons. The fraction of sp³-hybridized carbons (Fsp3) is 0.857. The molecular weight excluding hydrogens is 1800 g/mol. The molecule has 3 aromatic rings. The number of unbranched alkanes of at least 4 members (excludes halogenated alkanes) is 108. The molecule has 3 aromatic heterocycles. The first-order valence-electron chi connectivity index (χ1n) is 68.3. The number of nitrogens with one attached hydrogen (secondary N) is 2. The third-order valence-electron chi connectivity index (χ3n) is 33.5. The standard InChI is InChI=1S/C140H254N4O4/c1-5-9-13-17-21-25-29-33-37-41-45-49-53-57-61-65-69-73-77-81-85-89-93-97-101-105-109-113-125-145-137-129-117-119-131(141-129)138(146-126-114-110-106-102-98-94-90-86-82-78-74-70-66-62-58-54-50-46-42-38-34-30-26-22-18-14-10-6-2)133-121-123-135(143-133)140(148-128-116-112-108-104-100-96-92-88-84-80-76-72-68-64-60-56-52-48-44-40-36-32-28-24-20-16-12-8-4)136-124-122-134(144-136)139(132-120-118-130(137)142-132)147-127-115-111-107-103-99-95-91-87-83-79-75-71-67-63-59-55-51-47-43-39-35-31-27-23-19-15-11-7-3/h117-124,141-142H,5-116,125-128H2,1-4H3. The topological polar surface area (TPSA) is 94.3 Å². The van der Waals surface area contributed by atoms with Gasteiger partial charge in [0.1, 0.15) is 22.8 Å². The maximum Gasteiger partial charge on any atom is 0.170 e. The van der Waals surface area contributed by atoms with E-state index in [1.807, 2.05) is 0 Å². The van der Waals surface area contributed by atoms with Crippen LogP contribution in [0.4, 0.5) is 0 Å². The van der Waals surface area contributed by atoms with E-state index in [-0.39, 0.29) is 0 Å². The van der Waals surface area contributed by atoms with Crippen LogP contribution in [0.1, 0.15) is 770 Å². The zero-order valence-corrected chi connectivity index (χ0v) is 100. The lowest BCUT2D eigenvalue weighted by Gasteiger charge is -2.10. The van der Waals surface area contributed by atoms with Crippen LogP contribution in [0.25, 0.3) is 46.4 Å². The molecule has 2 N–H and O–H groups in total. The Bertz CT molecular complexity index is 3330. The predicted octanol–water partition coefficient (Wildman–Crippen LogP) is 49.9. The fourth-order valence-corrected chi connectivity index (χ4v) is 23.5. The lowest BCUT2D eigenvalue weighted by molar-refractivity contribution is 0.300. The van der Waals surface area contributed by atoms with Crippen LogP contribution in [-0.2, 0) is 0 Å². The summed E-state index contributed by atoms with van der Waals surface area (Å²) in [4.78, 5) is 18.7. The normalized spacial score (nSPS) is 12.0. The van der Waals surface area contributed by atoms with Crippen LogP contribution in [-0.4, -0.2) is 46.4 Å². The Hall–Kier alpha value is -4.20. The molecule has 0 radical (unpaired) electrons. The number of H-pyrrole nitrogens is 2. The fourth-order valence-electron chi connectivity index (χ4n) is 23.5. The molecule has 0 spiro atoms. The molecule has 5 rings (SSSR count). The van der Waals surface area contributed by atoms with Crippen molar-refractivity contribution in [2.45, 2.75) is 747 Å². The summed E-state index contributed by atoms with van der Waals surface area (Å²) < 4.78 is 28.2. The highest BCUT2D eigenvalue weighted by molar-refractivity contribution is 5.87. The van der Waals surface area contributed by atoms with Gasteiger partial charge in [0.05, 0.1) is 48.5 Å². The Balaban J connectivity index is 1.13. The average Bonchev–Trinajstić information content (AvgIpc) is 1.64. The number of ether oxygens (including phenoxy) is 4. The molecule has 148 heavy (non-hydrogen) atoms. The quantitative estimate of drug-likeness (QED) is 0.0377. The molecular formula is C140H254N4O4. The Morgan fingerprint density at radius 3 is 0.365 bits per heavy atom. The number of fused-ring (bicyclic) bond motifs is 8. The third kappa shape index (κ3) is 79.7. The molecule has 0 atom stereocenters. The lowest BCUT2D eigenvalue weighted by atomic mass is 10.0. The monoisotopic (exact) mass is 2060 g/mol. The van der Waals surface area contributed by atoms with Gasteiger partial charge in [0.25, 0.3) is 0 Å². The van der Waals surface area contributed by atoms with E-state index < -0.39 is 0 Å². The third-order valence-corrected chi connectivity index (χ3v) is 33.5. The van der Waals surface area contributed by atoms with Crippen LogP contribution < -0.4 is 18.9 Å². The summed E-state index contributed by atoms with van der Waals surface area (Å²) in [7, 11) is 0. The van der Waals surface area contributed by atoms with E-state index in [2.05, 4.69) is 86.2 Å². The highest BCUT2D eigenvalue weighted by atomic mass is 16.5. The zero-order chi connectivity index (χ0) is 104. The largest absolute Gasteiger partial charge is 0.489 e. The Kier molecular flexibility index (Phi) is 97.1. The van der Waals surface area contributed by atoms with Crippen molar-refractivity contribution in [3.8, 4) is 23.0 Å². The van der Waals surface area contributed by atoms with E-state index in [1.165, 1.54) is 687 Å². The first-order chi connectivity index (χ1) is 73.7.